The van der Waals surface area contributed by atoms with Crippen LogP contribution >= 0.6 is 11.3 Å². The summed E-state index contributed by atoms with van der Waals surface area (Å²) < 4.78 is 15.9. The van der Waals surface area contributed by atoms with E-state index in [1.165, 1.54) is 4.88 Å². The summed E-state index contributed by atoms with van der Waals surface area (Å²) in [6, 6.07) is 5.13. The van der Waals surface area contributed by atoms with E-state index in [4.69, 9.17) is 14.2 Å². The number of benzene rings is 1. The number of rotatable bonds is 4. The number of nitrogens with one attached hydrogen (secondary N) is 1. The average Bonchev–Trinajstić information content (AvgIpc) is 3.27. The lowest BCUT2D eigenvalue weighted by Crippen LogP contribution is -2.30. The van der Waals surface area contributed by atoms with Gasteiger partial charge in [0.15, 0.2) is 17.6 Å². The summed E-state index contributed by atoms with van der Waals surface area (Å²) in [6.45, 7) is 1.74. The van der Waals surface area contributed by atoms with Crippen LogP contribution in [0.3, 0.4) is 0 Å². The number of fused-ring (bicyclic) bond motifs is 2. The first-order valence-electron chi connectivity index (χ1n) is 8.62. The van der Waals surface area contributed by atoms with Crippen LogP contribution in [-0.4, -0.2) is 24.8 Å². The quantitative estimate of drug-likeness (QED) is 0.830. The Hall–Kier alpha value is -2.54. The second-order valence-corrected chi connectivity index (χ2v) is 7.33. The van der Waals surface area contributed by atoms with E-state index in [9.17, 15) is 9.59 Å². The van der Waals surface area contributed by atoms with Crippen molar-refractivity contribution in [3.05, 3.63) is 39.6 Å². The van der Waals surface area contributed by atoms with Gasteiger partial charge in [-0.05, 0) is 50.3 Å². The first kappa shape index (κ1) is 16.9. The van der Waals surface area contributed by atoms with E-state index < -0.39 is 12.1 Å². The van der Waals surface area contributed by atoms with Crippen molar-refractivity contribution in [1.29, 1.82) is 0 Å². The Morgan fingerprint density at radius 3 is 2.88 bits per heavy atom. The molecule has 0 spiro atoms. The molecule has 0 saturated heterocycles. The van der Waals surface area contributed by atoms with Crippen molar-refractivity contribution in [2.24, 2.45) is 0 Å². The zero-order valence-electron chi connectivity index (χ0n) is 14.4. The molecule has 1 aliphatic heterocycles. The van der Waals surface area contributed by atoms with Crippen molar-refractivity contribution >= 4 is 28.9 Å². The van der Waals surface area contributed by atoms with Crippen molar-refractivity contribution in [2.75, 3.05) is 12.1 Å². The highest BCUT2D eigenvalue weighted by Gasteiger charge is 2.25. The van der Waals surface area contributed by atoms with Gasteiger partial charge in [-0.25, -0.2) is 4.79 Å². The first-order valence-corrected chi connectivity index (χ1v) is 9.50. The van der Waals surface area contributed by atoms with E-state index in [2.05, 4.69) is 5.32 Å². The molecule has 136 valence electrons. The first-order chi connectivity index (χ1) is 12.6. The molecule has 0 unspecified atom stereocenters. The summed E-state index contributed by atoms with van der Waals surface area (Å²) in [5, 5.41) is 4.58. The molecule has 0 radical (unpaired) electrons. The summed E-state index contributed by atoms with van der Waals surface area (Å²) >= 11 is 1.60. The number of carbonyl (C=O) groups excluding carboxylic acids is 2. The number of thiophene rings is 1. The molecule has 2 aliphatic rings. The minimum absolute atomic E-state index is 0.172. The lowest BCUT2D eigenvalue weighted by atomic mass is 9.96. The van der Waals surface area contributed by atoms with Gasteiger partial charge in [0.2, 0.25) is 6.79 Å². The largest absolute Gasteiger partial charge is 0.454 e. The molecule has 2 aromatic rings. The van der Waals surface area contributed by atoms with Crippen LogP contribution in [0.5, 0.6) is 11.5 Å². The molecule has 1 aromatic heterocycles. The molecule has 0 fully saturated rings. The number of amides is 1. The van der Waals surface area contributed by atoms with Crippen LogP contribution in [0.4, 0.5) is 5.69 Å². The van der Waals surface area contributed by atoms with Gasteiger partial charge in [0.25, 0.3) is 5.91 Å². The molecule has 0 bridgehead atoms. The van der Waals surface area contributed by atoms with Crippen LogP contribution in [0, 0.1) is 0 Å². The fourth-order valence-corrected chi connectivity index (χ4v) is 4.28. The number of anilines is 1. The fraction of sp³-hybridized carbons (Fsp3) is 0.368. The molecule has 2 heterocycles. The summed E-state index contributed by atoms with van der Waals surface area (Å²) in [7, 11) is 0. The summed E-state index contributed by atoms with van der Waals surface area (Å²) in [5.41, 5.74) is 2.26. The van der Waals surface area contributed by atoms with Crippen LogP contribution in [0.1, 0.15) is 40.6 Å². The van der Waals surface area contributed by atoms with Crippen LogP contribution in [0.15, 0.2) is 23.6 Å². The number of ether oxygens (including phenoxy) is 3. The third kappa shape index (κ3) is 3.26. The van der Waals surface area contributed by atoms with Gasteiger partial charge in [-0.1, -0.05) is 0 Å². The van der Waals surface area contributed by atoms with Crippen LogP contribution in [0.2, 0.25) is 0 Å². The Labute approximate surface area is 155 Å². The van der Waals surface area contributed by atoms with Crippen molar-refractivity contribution in [1.82, 2.24) is 0 Å². The molecule has 0 saturated carbocycles. The maximum absolute atomic E-state index is 12.5. The minimum atomic E-state index is -0.896. The number of carbonyl (C=O) groups is 2. The van der Waals surface area contributed by atoms with Gasteiger partial charge >= 0.3 is 5.97 Å². The van der Waals surface area contributed by atoms with E-state index in [1.54, 1.807) is 36.5 Å². The molecular weight excluding hydrogens is 354 g/mol. The standard InChI is InChI=1S/C19H19NO5S/c1-11(18(21)20-12-6-7-15-16(8-12)24-10-23-15)25-19(22)14-9-26-17-5-3-2-4-13(14)17/h6-9,11H,2-5,10H2,1H3,(H,20,21)/t11-/m1/s1. The highest BCUT2D eigenvalue weighted by molar-refractivity contribution is 7.10. The van der Waals surface area contributed by atoms with E-state index in [1.807, 2.05) is 5.38 Å². The molecule has 1 N–H and O–H groups in total. The number of esters is 1. The number of aryl methyl sites for hydroxylation is 1. The molecule has 7 heteroatoms. The van der Waals surface area contributed by atoms with E-state index >= 15 is 0 Å². The van der Waals surface area contributed by atoms with Gasteiger partial charge < -0.3 is 19.5 Å². The van der Waals surface area contributed by atoms with Crippen molar-refractivity contribution in [3.8, 4) is 11.5 Å². The average molecular weight is 373 g/mol. The normalized spacial score (nSPS) is 15.9. The van der Waals surface area contributed by atoms with Crippen LogP contribution < -0.4 is 14.8 Å². The Bertz CT molecular complexity index is 860. The van der Waals surface area contributed by atoms with Crippen molar-refractivity contribution in [3.63, 3.8) is 0 Å². The third-order valence-corrected chi connectivity index (χ3v) is 5.66. The molecule has 4 rings (SSSR count). The Balaban J connectivity index is 1.39. The third-order valence-electron chi connectivity index (χ3n) is 4.57. The van der Waals surface area contributed by atoms with Gasteiger partial charge in [0.1, 0.15) is 0 Å². The Kier molecular flexibility index (Phi) is 4.55. The summed E-state index contributed by atoms with van der Waals surface area (Å²) in [5.74, 6) is 0.404. The SMILES string of the molecule is C[C@@H](OC(=O)c1csc2c1CCCC2)C(=O)Nc1ccc2c(c1)OCO2. The van der Waals surface area contributed by atoms with Gasteiger partial charge in [0, 0.05) is 22.0 Å². The molecular formula is C19H19NO5S. The molecule has 26 heavy (non-hydrogen) atoms. The summed E-state index contributed by atoms with van der Waals surface area (Å²) in [6.07, 6.45) is 3.28. The topological polar surface area (TPSA) is 73.9 Å². The smallest absolute Gasteiger partial charge is 0.340 e. The van der Waals surface area contributed by atoms with Crippen molar-refractivity contribution in [2.45, 2.75) is 38.7 Å². The highest BCUT2D eigenvalue weighted by Crippen LogP contribution is 2.34. The van der Waals surface area contributed by atoms with Gasteiger partial charge in [-0.15, -0.1) is 11.3 Å². The molecule has 1 atom stereocenters. The lowest BCUT2D eigenvalue weighted by Gasteiger charge is -2.15. The zero-order valence-corrected chi connectivity index (χ0v) is 15.2. The molecule has 1 aromatic carbocycles. The van der Waals surface area contributed by atoms with Gasteiger partial charge in [-0.2, -0.15) is 0 Å². The fourth-order valence-electron chi connectivity index (χ4n) is 3.16. The second-order valence-electron chi connectivity index (χ2n) is 6.36. The van der Waals surface area contributed by atoms with E-state index in [-0.39, 0.29) is 12.7 Å². The van der Waals surface area contributed by atoms with Gasteiger partial charge in [-0.3, -0.25) is 4.79 Å². The molecule has 6 nitrogen and oxygen atoms in total. The zero-order chi connectivity index (χ0) is 18.1. The van der Waals surface area contributed by atoms with Crippen LogP contribution in [0.25, 0.3) is 0 Å². The Morgan fingerprint density at radius 2 is 2.00 bits per heavy atom. The molecule has 1 amide bonds. The minimum Gasteiger partial charge on any atom is -0.454 e. The predicted molar refractivity (Wildman–Crippen MR) is 97.0 cm³/mol. The monoisotopic (exact) mass is 373 g/mol. The lowest BCUT2D eigenvalue weighted by molar-refractivity contribution is -0.123. The predicted octanol–water partition coefficient (Wildman–Crippen LogP) is 3.54. The summed E-state index contributed by atoms with van der Waals surface area (Å²) in [4.78, 5) is 26.1. The number of hydrogen-bond donors (Lipinski definition) is 1. The maximum Gasteiger partial charge on any atom is 0.340 e. The molecule has 1 aliphatic carbocycles. The van der Waals surface area contributed by atoms with E-state index in [0.29, 0.717) is 22.7 Å². The number of hydrogen-bond acceptors (Lipinski definition) is 6. The van der Waals surface area contributed by atoms with Gasteiger partial charge in [0.05, 0.1) is 5.56 Å². The maximum atomic E-state index is 12.5. The van der Waals surface area contributed by atoms with E-state index in [0.717, 1.165) is 31.2 Å². The Morgan fingerprint density at radius 1 is 1.19 bits per heavy atom. The second kappa shape index (κ2) is 6.99. The highest BCUT2D eigenvalue weighted by atomic mass is 32.1. The van der Waals surface area contributed by atoms with Crippen LogP contribution in [-0.2, 0) is 22.4 Å². The van der Waals surface area contributed by atoms with Crippen molar-refractivity contribution < 1.29 is 23.8 Å².